The van der Waals surface area contributed by atoms with Crippen molar-refractivity contribution in [3.05, 3.63) is 164 Å². The first kappa shape index (κ1) is 28.6. The maximum atomic E-state index is 6.19. The van der Waals surface area contributed by atoms with Gasteiger partial charge in [-0.3, -0.25) is 0 Å². The highest BCUT2D eigenvalue weighted by Gasteiger charge is 2.15. The lowest BCUT2D eigenvalue weighted by molar-refractivity contribution is 0.669. The van der Waals surface area contributed by atoms with Crippen molar-refractivity contribution in [2.45, 2.75) is 0 Å². The fourth-order valence-corrected chi connectivity index (χ4v) is 7.98. The Balaban J connectivity index is 1.06. The van der Waals surface area contributed by atoms with Crippen molar-refractivity contribution in [2.75, 3.05) is 0 Å². The minimum absolute atomic E-state index is 0.638. The van der Waals surface area contributed by atoms with E-state index in [4.69, 9.17) is 19.4 Å². The second kappa shape index (κ2) is 11.6. The predicted octanol–water partition coefficient (Wildman–Crippen LogP) is 12.5. The number of rotatable bonds is 5. The van der Waals surface area contributed by atoms with Crippen LogP contribution in [-0.2, 0) is 0 Å². The Morgan fingerprint density at radius 2 is 0.820 bits per heavy atom. The standard InChI is InChI=1S/C45H27N3OS/c1-2-10-28(11-3-1)43-46-44(48-45(47-43)34-21-23-38-37-17-5-7-19-41(37)50-42(38)27-34)33-15-9-14-31(25-33)29-12-8-13-30(24-29)32-20-22-36-35-16-4-6-18-39(35)49-40(36)26-32/h1-27H. The molecule has 0 aliphatic heterocycles. The van der Waals surface area contributed by atoms with E-state index in [1.54, 1.807) is 11.3 Å². The number of benzene rings is 7. The normalized spacial score (nSPS) is 11.6. The molecule has 0 N–H and O–H groups in total. The zero-order chi connectivity index (χ0) is 33.0. The molecule has 0 atom stereocenters. The molecule has 0 amide bonds. The molecule has 10 aromatic rings. The maximum absolute atomic E-state index is 6.19. The van der Waals surface area contributed by atoms with Gasteiger partial charge in [0.05, 0.1) is 0 Å². The average molecular weight is 658 g/mol. The number of nitrogens with zero attached hydrogens (tertiary/aromatic N) is 3. The summed E-state index contributed by atoms with van der Waals surface area (Å²) in [5.41, 5.74) is 9.08. The summed E-state index contributed by atoms with van der Waals surface area (Å²) in [4.78, 5) is 15.1. The van der Waals surface area contributed by atoms with Gasteiger partial charge in [-0.2, -0.15) is 0 Å². The molecule has 0 unspecified atom stereocenters. The summed E-state index contributed by atoms with van der Waals surface area (Å²) in [7, 11) is 0. The van der Waals surface area contributed by atoms with Crippen LogP contribution < -0.4 is 0 Å². The van der Waals surface area contributed by atoms with Crippen LogP contribution in [0.25, 0.3) is 98.5 Å². The molecule has 7 aromatic carbocycles. The molecule has 4 nitrogen and oxygen atoms in total. The van der Waals surface area contributed by atoms with E-state index in [1.807, 2.05) is 42.5 Å². The van der Waals surface area contributed by atoms with E-state index in [1.165, 1.54) is 20.2 Å². The first-order valence-corrected chi connectivity index (χ1v) is 17.4. The Hall–Kier alpha value is -6.43. The molecule has 5 heteroatoms. The van der Waals surface area contributed by atoms with Crippen molar-refractivity contribution in [3.8, 4) is 56.4 Å². The van der Waals surface area contributed by atoms with Crippen molar-refractivity contribution >= 4 is 53.4 Å². The van der Waals surface area contributed by atoms with Gasteiger partial charge in [0, 0.05) is 47.6 Å². The molecule has 3 aromatic heterocycles. The van der Waals surface area contributed by atoms with Crippen LogP contribution in [0, 0.1) is 0 Å². The van der Waals surface area contributed by atoms with Crippen LogP contribution >= 0.6 is 11.3 Å². The minimum Gasteiger partial charge on any atom is -0.456 e. The summed E-state index contributed by atoms with van der Waals surface area (Å²) >= 11 is 1.80. The Kier molecular flexibility index (Phi) is 6.64. The van der Waals surface area contributed by atoms with E-state index in [0.29, 0.717) is 17.5 Å². The topological polar surface area (TPSA) is 51.8 Å². The number of thiophene rings is 1. The zero-order valence-electron chi connectivity index (χ0n) is 26.7. The lowest BCUT2D eigenvalue weighted by Gasteiger charge is -2.10. The number of hydrogen-bond donors (Lipinski definition) is 0. The van der Waals surface area contributed by atoms with Gasteiger partial charge in [0.2, 0.25) is 0 Å². The predicted molar refractivity (Wildman–Crippen MR) is 207 cm³/mol. The van der Waals surface area contributed by atoms with E-state index in [0.717, 1.165) is 60.9 Å². The summed E-state index contributed by atoms with van der Waals surface area (Å²) in [5, 5.41) is 4.79. The highest BCUT2D eigenvalue weighted by atomic mass is 32.1. The van der Waals surface area contributed by atoms with Gasteiger partial charge in [-0.05, 0) is 64.7 Å². The molecule has 0 radical (unpaired) electrons. The lowest BCUT2D eigenvalue weighted by atomic mass is 9.97. The minimum atomic E-state index is 0.638. The third-order valence-corrected chi connectivity index (χ3v) is 10.5. The molecule has 3 heterocycles. The monoisotopic (exact) mass is 657 g/mol. The van der Waals surface area contributed by atoms with E-state index >= 15 is 0 Å². The molecule has 0 bridgehead atoms. The van der Waals surface area contributed by atoms with Crippen molar-refractivity contribution in [2.24, 2.45) is 0 Å². The molecule has 0 saturated carbocycles. The first-order chi connectivity index (χ1) is 24.7. The van der Waals surface area contributed by atoms with Crippen molar-refractivity contribution in [1.82, 2.24) is 15.0 Å². The van der Waals surface area contributed by atoms with Gasteiger partial charge in [0.25, 0.3) is 0 Å². The third kappa shape index (κ3) is 4.95. The largest absolute Gasteiger partial charge is 0.456 e. The number of furan rings is 1. The third-order valence-electron chi connectivity index (χ3n) is 9.33. The fraction of sp³-hybridized carbons (Fsp3) is 0. The second-order valence-electron chi connectivity index (χ2n) is 12.5. The molecular formula is C45H27N3OS. The first-order valence-electron chi connectivity index (χ1n) is 16.6. The molecule has 0 aliphatic rings. The van der Waals surface area contributed by atoms with Crippen LogP contribution in [0.5, 0.6) is 0 Å². The lowest BCUT2D eigenvalue weighted by Crippen LogP contribution is -2.00. The van der Waals surface area contributed by atoms with Crippen LogP contribution in [0.3, 0.4) is 0 Å². The Morgan fingerprint density at radius 3 is 1.60 bits per heavy atom. The highest BCUT2D eigenvalue weighted by molar-refractivity contribution is 7.25. The molecule has 0 saturated heterocycles. The van der Waals surface area contributed by atoms with Crippen LogP contribution in [0.2, 0.25) is 0 Å². The second-order valence-corrected chi connectivity index (χ2v) is 13.5. The molecule has 50 heavy (non-hydrogen) atoms. The SMILES string of the molecule is c1ccc(-c2nc(-c3cccc(-c4cccc(-c5ccc6c(c5)oc5ccccc56)c4)c3)nc(-c3ccc4c(c3)sc3ccccc34)n2)cc1. The number of aromatic nitrogens is 3. The summed E-state index contributed by atoms with van der Waals surface area (Å²) in [6, 6.07) is 57.0. The van der Waals surface area contributed by atoms with Gasteiger partial charge in [-0.25, -0.2) is 15.0 Å². The van der Waals surface area contributed by atoms with E-state index < -0.39 is 0 Å². The molecule has 0 fully saturated rings. The van der Waals surface area contributed by atoms with Crippen LogP contribution in [0.15, 0.2) is 168 Å². The van der Waals surface area contributed by atoms with E-state index in [2.05, 4.69) is 121 Å². The maximum Gasteiger partial charge on any atom is 0.164 e. The molecule has 10 rings (SSSR count). The van der Waals surface area contributed by atoms with Gasteiger partial charge in [0.15, 0.2) is 17.5 Å². The highest BCUT2D eigenvalue weighted by Crippen LogP contribution is 2.37. The van der Waals surface area contributed by atoms with Crippen molar-refractivity contribution in [1.29, 1.82) is 0 Å². The summed E-state index contributed by atoms with van der Waals surface area (Å²) in [6.07, 6.45) is 0. The van der Waals surface area contributed by atoms with E-state index in [9.17, 15) is 0 Å². The zero-order valence-corrected chi connectivity index (χ0v) is 27.6. The van der Waals surface area contributed by atoms with Crippen LogP contribution in [0.4, 0.5) is 0 Å². The van der Waals surface area contributed by atoms with Crippen LogP contribution in [-0.4, -0.2) is 15.0 Å². The molecule has 0 spiro atoms. The number of hydrogen-bond acceptors (Lipinski definition) is 5. The summed E-state index contributed by atoms with van der Waals surface area (Å²) < 4.78 is 8.68. The van der Waals surface area contributed by atoms with Gasteiger partial charge in [-0.15, -0.1) is 11.3 Å². The smallest absolute Gasteiger partial charge is 0.164 e. The number of fused-ring (bicyclic) bond motifs is 6. The molecular weight excluding hydrogens is 631 g/mol. The fourth-order valence-electron chi connectivity index (χ4n) is 6.84. The van der Waals surface area contributed by atoms with E-state index in [-0.39, 0.29) is 0 Å². The number of para-hydroxylation sites is 1. The quantitative estimate of drug-likeness (QED) is 0.185. The Bertz CT molecular complexity index is 2890. The molecule has 234 valence electrons. The summed E-state index contributed by atoms with van der Waals surface area (Å²) in [6.45, 7) is 0. The van der Waals surface area contributed by atoms with Gasteiger partial charge < -0.3 is 4.42 Å². The van der Waals surface area contributed by atoms with Crippen LogP contribution in [0.1, 0.15) is 0 Å². The summed E-state index contributed by atoms with van der Waals surface area (Å²) in [5.74, 6) is 1.94. The van der Waals surface area contributed by atoms with Crippen molar-refractivity contribution in [3.63, 3.8) is 0 Å². The Labute approximate surface area is 292 Å². The molecule has 0 aliphatic carbocycles. The average Bonchev–Trinajstić information content (AvgIpc) is 3.76. The van der Waals surface area contributed by atoms with Gasteiger partial charge in [-0.1, -0.05) is 121 Å². The Morgan fingerprint density at radius 1 is 0.320 bits per heavy atom. The van der Waals surface area contributed by atoms with Gasteiger partial charge >= 0.3 is 0 Å². The van der Waals surface area contributed by atoms with Gasteiger partial charge in [0.1, 0.15) is 11.2 Å². The van der Waals surface area contributed by atoms with Crippen molar-refractivity contribution < 1.29 is 4.42 Å².